The Labute approximate surface area is 360 Å². The maximum absolute atomic E-state index is 12.7. The molecule has 0 amide bonds. The summed E-state index contributed by atoms with van der Waals surface area (Å²) in [5.41, 5.74) is 30.9. The molecule has 0 aliphatic carbocycles. The molecule has 28 nitrogen and oxygen atoms in total. The molecule has 0 saturated heterocycles. The van der Waals surface area contributed by atoms with Gasteiger partial charge in [0.2, 0.25) is 11.9 Å². The van der Waals surface area contributed by atoms with E-state index in [0.717, 1.165) is 19.3 Å². The second kappa shape index (κ2) is 21.1. The molecule has 344 valence electrons. The number of aromatic amines is 3. The summed E-state index contributed by atoms with van der Waals surface area (Å²) in [4.78, 5) is 118. The van der Waals surface area contributed by atoms with Crippen LogP contribution in [0.4, 0.5) is 23.5 Å². The molecule has 64 heavy (non-hydrogen) atoms. The summed E-state index contributed by atoms with van der Waals surface area (Å²) in [7, 11) is 0. The van der Waals surface area contributed by atoms with Crippen molar-refractivity contribution in [2.45, 2.75) is 71.6 Å². The number of aryl methyl sites for hydroxylation is 2. The van der Waals surface area contributed by atoms with Crippen molar-refractivity contribution in [3.63, 3.8) is 0 Å². The third-order valence-electron chi connectivity index (χ3n) is 10.1. The first-order chi connectivity index (χ1) is 30.4. The van der Waals surface area contributed by atoms with Gasteiger partial charge in [-0.2, -0.15) is 15.0 Å². The van der Waals surface area contributed by atoms with E-state index >= 15 is 0 Å². The molecule has 0 radical (unpaired) electrons. The standard InChI is InChI=1S/C21H29N13O4.C15H23N7O4/c1-10-11-14(28-18(24)26-10)33(20(37)30-16(11)35)8-6-32(5-3-2-4-22)7-9-34-15-12(17(36)31-21(34)38)13(23)27-19(25)29-15;1-8-19-11(17)10-12(20-8)22(15(26)21-13(10)23)7-6-18-9(14(24)25)4-2-3-5-16/h2-9,22H2,1H3,(H2,24,26,28)(H,30,35,37)(H,31,36,38)(H4,23,25,27,29);9,18H,2-7,16H2,1H3,(H,24,25)(H2,17,19,20)(H,21,23,26)/t;9-/m.0/s1. The van der Waals surface area contributed by atoms with E-state index in [1.54, 1.807) is 13.8 Å². The minimum atomic E-state index is -0.969. The summed E-state index contributed by atoms with van der Waals surface area (Å²) in [6.07, 6.45) is 3.39. The average molecular weight is 893 g/mol. The summed E-state index contributed by atoms with van der Waals surface area (Å²) in [6, 6.07) is -0.743. The smallest absolute Gasteiger partial charge is 0.330 e. The van der Waals surface area contributed by atoms with Gasteiger partial charge in [0.05, 0.1) is 5.69 Å². The number of hydrogen-bond acceptors (Lipinski definition) is 21. The largest absolute Gasteiger partial charge is 0.480 e. The Morgan fingerprint density at radius 1 is 0.625 bits per heavy atom. The second-order valence-electron chi connectivity index (χ2n) is 14.6. The Hall–Kier alpha value is -7.43. The fourth-order valence-corrected chi connectivity index (χ4v) is 6.98. The summed E-state index contributed by atoms with van der Waals surface area (Å²) >= 11 is 0. The van der Waals surface area contributed by atoms with E-state index < -0.39 is 45.8 Å². The molecule has 0 aromatic carbocycles. The molecule has 6 aromatic rings. The number of carbonyl (C=O) groups is 1. The van der Waals surface area contributed by atoms with Gasteiger partial charge in [-0.1, -0.05) is 6.42 Å². The first-order valence-electron chi connectivity index (χ1n) is 20.1. The molecule has 6 heterocycles. The van der Waals surface area contributed by atoms with Gasteiger partial charge in [0, 0.05) is 39.3 Å². The molecule has 0 spiro atoms. The van der Waals surface area contributed by atoms with Crippen LogP contribution in [0.15, 0.2) is 28.8 Å². The van der Waals surface area contributed by atoms with Gasteiger partial charge < -0.3 is 44.8 Å². The van der Waals surface area contributed by atoms with E-state index in [2.05, 4.69) is 50.2 Å². The second-order valence-corrected chi connectivity index (χ2v) is 14.6. The molecule has 0 unspecified atom stereocenters. The van der Waals surface area contributed by atoms with Crippen molar-refractivity contribution in [2.24, 2.45) is 11.5 Å². The highest BCUT2D eigenvalue weighted by molar-refractivity contribution is 5.86. The number of unbranched alkanes of at least 4 members (excludes halogenated alkanes) is 2. The van der Waals surface area contributed by atoms with Crippen molar-refractivity contribution in [3.05, 3.63) is 74.0 Å². The molecule has 0 aliphatic heterocycles. The molecular weight excluding hydrogens is 841 g/mol. The van der Waals surface area contributed by atoms with E-state index in [4.69, 9.17) is 34.4 Å². The SMILES string of the molecule is Cc1nc(N)c2c(=O)[nH]c(=O)n(CCN[C@@H](CCCCN)C(=O)O)c2n1.Cc1nc(N)nc2c1c(=O)[nH]c(=O)n2CCN(CCCCN)CCn1c(=O)[nH]c(=O)c2c(N)nc(N)nc21. The zero-order chi connectivity index (χ0) is 46.8. The lowest BCUT2D eigenvalue weighted by Crippen LogP contribution is -2.40. The number of nitrogens with zero attached hydrogens (tertiary/aromatic N) is 10. The van der Waals surface area contributed by atoms with E-state index in [-0.39, 0.29) is 82.8 Å². The molecule has 6 aromatic heterocycles. The van der Waals surface area contributed by atoms with Crippen molar-refractivity contribution in [1.82, 2.24) is 68.8 Å². The Morgan fingerprint density at radius 3 is 1.64 bits per heavy atom. The summed E-state index contributed by atoms with van der Waals surface area (Å²) in [5, 5.41) is 12.3. The minimum Gasteiger partial charge on any atom is -0.480 e. The lowest BCUT2D eigenvalue weighted by Gasteiger charge is -2.23. The van der Waals surface area contributed by atoms with Gasteiger partial charge >= 0.3 is 23.0 Å². The summed E-state index contributed by atoms with van der Waals surface area (Å²) in [5.74, 6) is -1.02. The number of fused-ring (bicyclic) bond motifs is 3. The van der Waals surface area contributed by atoms with Crippen LogP contribution in [-0.4, -0.2) is 120 Å². The lowest BCUT2D eigenvalue weighted by molar-refractivity contribution is -0.139. The van der Waals surface area contributed by atoms with Crippen LogP contribution in [0, 0.1) is 13.8 Å². The molecule has 17 N–H and O–H groups in total. The molecular formula is C36H52N20O8. The number of hydrogen-bond donors (Lipinski definition) is 11. The van der Waals surface area contributed by atoms with Gasteiger partial charge in [-0.25, -0.2) is 29.3 Å². The number of aliphatic carboxylic acids is 1. The highest BCUT2D eigenvalue weighted by Gasteiger charge is 2.20. The number of anilines is 4. The predicted molar refractivity (Wildman–Crippen MR) is 237 cm³/mol. The third-order valence-corrected chi connectivity index (χ3v) is 10.1. The number of nitrogen functional groups attached to an aromatic ring is 4. The number of carboxylic acids is 1. The highest BCUT2D eigenvalue weighted by atomic mass is 16.4. The molecule has 0 aliphatic rings. The lowest BCUT2D eigenvalue weighted by atomic mass is 10.1. The van der Waals surface area contributed by atoms with Crippen LogP contribution in [0.2, 0.25) is 0 Å². The van der Waals surface area contributed by atoms with Crippen molar-refractivity contribution < 1.29 is 9.90 Å². The molecule has 1 atom stereocenters. The summed E-state index contributed by atoms with van der Waals surface area (Å²) < 4.78 is 3.83. The van der Waals surface area contributed by atoms with Crippen molar-refractivity contribution in [2.75, 3.05) is 62.2 Å². The maximum atomic E-state index is 12.7. The van der Waals surface area contributed by atoms with Gasteiger partial charge in [-0.15, -0.1) is 0 Å². The first-order valence-corrected chi connectivity index (χ1v) is 20.1. The first kappa shape index (κ1) is 47.6. The van der Waals surface area contributed by atoms with Gasteiger partial charge in [0.25, 0.3) is 16.7 Å². The van der Waals surface area contributed by atoms with Crippen LogP contribution in [0.5, 0.6) is 0 Å². The topological polar surface area (TPSA) is 451 Å². The van der Waals surface area contributed by atoms with E-state index in [9.17, 15) is 38.7 Å². The number of aromatic nitrogens is 12. The van der Waals surface area contributed by atoms with E-state index in [0.29, 0.717) is 57.1 Å². The van der Waals surface area contributed by atoms with Crippen LogP contribution in [-0.2, 0) is 24.4 Å². The Bertz CT molecular complexity index is 2900. The van der Waals surface area contributed by atoms with Gasteiger partial charge in [-0.3, -0.25) is 52.7 Å². The molecule has 0 fully saturated rings. The van der Waals surface area contributed by atoms with Crippen LogP contribution in [0.25, 0.3) is 33.1 Å². The number of nitrogens with two attached hydrogens (primary N) is 6. The number of carboxylic acid groups (broad SMARTS) is 1. The Balaban J connectivity index is 0.000000259. The number of rotatable bonds is 19. The van der Waals surface area contributed by atoms with Crippen LogP contribution in [0.3, 0.4) is 0 Å². The fraction of sp³-hybridized carbons (Fsp3) is 0.472. The van der Waals surface area contributed by atoms with Crippen LogP contribution >= 0.6 is 0 Å². The van der Waals surface area contributed by atoms with Crippen LogP contribution in [0.1, 0.15) is 43.6 Å². The fourth-order valence-electron chi connectivity index (χ4n) is 6.98. The number of H-pyrrole nitrogens is 3. The van der Waals surface area contributed by atoms with Crippen molar-refractivity contribution in [3.8, 4) is 0 Å². The van der Waals surface area contributed by atoms with E-state index in [1.807, 2.05) is 4.90 Å². The Morgan fingerprint density at radius 2 is 1.09 bits per heavy atom. The highest BCUT2D eigenvalue weighted by Crippen LogP contribution is 2.15. The van der Waals surface area contributed by atoms with Crippen molar-refractivity contribution >= 4 is 62.6 Å². The van der Waals surface area contributed by atoms with Crippen LogP contribution < -0.4 is 73.5 Å². The zero-order valence-electron chi connectivity index (χ0n) is 35.2. The maximum Gasteiger partial charge on any atom is 0.330 e. The normalized spacial score (nSPS) is 12.0. The molecule has 0 bridgehead atoms. The molecule has 6 rings (SSSR count). The van der Waals surface area contributed by atoms with Crippen molar-refractivity contribution in [1.29, 1.82) is 0 Å². The third kappa shape index (κ3) is 11.1. The van der Waals surface area contributed by atoms with E-state index in [1.165, 1.54) is 13.7 Å². The zero-order valence-corrected chi connectivity index (χ0v) is 35.2. The quantitative estimate of drug-likeness (QED) is 0.0342. The van der Waals surface area contributed by atoms with Gasteiger partial charge in [-0.05, 0) is 59.2 Å². The predicted octanol–water partition coefficient (Wildman–Crippen LogP) is -4.39. The Kier molecular flexibility index (Phi) is 15.7. The van der Waals surface area contributed by atoms with Gasteiger partial charge in [0.1, 0.15) is 39.7 Å². The monoisotopic (exact) mass is 892 g/mol. The number of nitrogens with one attached hydrogen (secondary N) is 4. The summed E-state index contributed by atoms with van der Waals surface area (Å²) in [6.45, 7) is 6.10. The minimum absolute atomic E-state index is 0.0133. The average Bonchev–Trinajstić information content (AvgIpc) is 3.19. The molecule has 0 saturated carbocycles. The van der Waals surface area contributed by atoms with Gasteiger partial charge in [0.15, 0.2) is 16.9 Å². The molecule has 28 heteroatoms.